The van der Waals surface area contributed by atoms with Crippen LogP contribution < -0.4 is 5.73 Å². The normalized spacial score (nSPS) is 9.58. The smallest absolute Gasteiger partial charge is 0.356 e. The molecule has 19 heavy (non-hydrogen) atoms. The van der Waals surface area contributed by atoms with E-state index in [0.29, 0.717) is 11.4 Å². The number of carbonyl (C=O) groups is 1. The lowest BCUT2D eigenvalue weighted by molar-refractivity contribution is 0.0594. The van der Waals surface area contributed by atoms with Crippen molar-refractivity contribution in [3.8, 4) is 11.3 Å². The number of hydrogen-bond acceptors (Lipinski definition) is 5. The van der Waals surface area contributed by atoms with E-state index < -0.39 is 5.97 Å². The molecule has 0 spiro atoms. The summed E-state index contributed by atoms with van der Waals surface area (Å²) in [5.41, 5.74) is 7.69. The van der Waals surface area contributed by atoms with Gasteiger partial charge in [0, 0.05) is 11.3 Å². The van der Waals surface area contributed by atoms with Crippen LogP contribution in [0.2, 0.25) is 5.28 Å². The zero-order valence-electron chi connectivity index (χ0n) is 9.96. The summed E-state index contributed by atoms with van der Waals surface area (Å²) >= 11 is 5.78. The lowest BCUT2D eigenvalue weighted by Crippen LogP contribution is -2.05. The topological polar surface area (TPSA) is 78.1 Å². The summed E-state index contributed by atoms with van der Waals surface area (Å²) in [7, 11) is 1.28. The van der Waals surface area contributed by atoms with Crippen LogP contribution >= 0.6 is 24.0 Å². The van der Waals surface area contributed by atoms with Gasteiger partial charge in [0.25, 0.3) is 0 Å². The quantitative estimate of drug-likeness (QED) is 0.524. The maximum atomic E-state index is 11.4. The zero-order valence-corrected chi connectivity index (χ0v) is 11.5. The van der Waals surface area contributed by atoms with Gasteiger partial charge in [0.15, 0.2) is 5.69 Å². The standard InChI is InChI=1S/C12H10ClN3O2.ClH/c1-18-11(17)10-6-9(15-12(13)16-10)7-2-4-8(14)5-3-7;/h2-6H,14H2,1H3;1H. The average molecular weight is 300 g/mol. The first-order valence-electron chi connectivity index (χ1n) is 5.09. The molecule has 1 aromatic carbocycles. The zero-order chi connectivity index (χ0) is 13.1. The van der Waals surface area contributed by atoms with Crippen molar-refractivity contribution < 1.29 is 9.53 Å². The molecule has 0 aliphatic heterocycles. The van der Waals surface area contributed by atoms with Crippen molar-refractivity contribution in [1.29, 1.82) is 0 Å². The van der Waals surface area contributed by atoms with Gasteiger partial charge in [-0.15, -0.1) is 12.4 Å². The van der Waals surface area contributed by atoms with Crippen molar-refractivity contribution in [2.45, 2.75) is 0 Å². The van der Waals surface area contributed by atoms with Gasteiger partial charge in [-0.05, 0) is 29.8 Å². The highest BCUT2D eigenvalue weighted by atomic mass is 35.5. The third kappa shape index (κ3) is 3.56. The van der Waals surface area contributed by atoms with Crippen LogP contribution in [0.5, 0.6) is 0 Å². The number of anilines is 1. The predicted molar refractivity (Wildman–Crippen MR) is 75.5 cm³/mol. The van der Waals surface area contributed by atoms with Gasteiger partial charge in [0.1, 0.15) is 0 Å². The first kappa shape index (κ1) is 15.2. The van der Waals surface area contributed by atoms with Crippen molar-refractivity contribution >= 4 is 35.7 Å². The Labute approximate surface area is 121 Å². The van der Waals surface area contributed by atoms with Crippen LogP contribution in [0.4, 0.5) is 5.69 Å². The van der Waals surface area contributed by atoms with Crippen molar-refractivity contribution in [2.75, 3.05) is 12.8 Å². The Hall–Kier alpha value is -1.85. The molecule has 0 saturated heterocycles. The van der Waals surface area contributed by atoms with Crippen molar-refractivity contribution in [3.63, 3.8) is 0 Å². The Bertz CT molecular complexity index is 588. The van der Waals surface area contributed by atoms with Gasteiger partial charge in [-0.2, -0.15) is 0 Å². The molecule has 0 amide bonds. The molecule has 0 unspecified atom stereocenters. The molecule has 2 N–H and O–H groups in total. The Balaban J connectivity index is 0.00000180. The predicted octanol–water partition coefficient (Wildman–Crippen LogP) is 2.59. The third-order valence-corrected chi connectivity index (χ3v) is 2.47. The fourth-order valence-corrected chi connectivity index (χ4v) is 1.61. The minimum absolute atomic E-state index is 0. The molecule has 100 valence electrons. The van der Waals surface area contributed by atoms with Crippen LogP contribution in [-0.2, 0) is 4.74 Å². The lowest BCUT2D eigenvalue weighted by atomic mass is 10.1. The number of hydrogen-bond donors (Lipinski definition) is 1. The Morgan fingerprint density at radius 3 is 2.47 bits per heavy atom. The maximum absolute atomic E-state index is 11.4. The van der Waals surface area contributed by atoms with E-state index in [1.54, 1.807) is 24.3 Å². The summed E-state index contributed by atoms with van der Waals surface area (Å²) in [6.07, 6.45) is 0. The minimum Gasteiger partial charge on any atom is -0.464 e. The summed E-state index contributed by atoms with van der Waals surface area (Å²) in [4.78, 5) is 19.3. The number of esters is 1. The Kier molecular flexibility index (Phi) is 5.09. The van der Waals surface area contributed by atoms with E-state index in [9.17, 15) is 4.79 Å². The summed E-state index contributed by atoms with van der Waals surface area (Å²) in [5.74, 6) is -0.559. The van der Waals surface area contributed by atoms with Gasteiger partial charge in [0.05, 0.1) is 12.8 Å². The molecule has 0 bridgehead atoms. The summed E-state index contributed by atoms with van der Waals surface area (Å²) in [5, 5.41) is -0.00951. The number of halogens is 2. The number of ether oxygens (including phenoxy) is 1. The maximum Gasteiger partial charge on any atom is 0.356 e. The molecule has 0 aliphatic rings. The molecule has 0 aliphatic carbocycles. The molecule has 0 saturated carbocycles. The molecule has 2 aromatic rings. The van der Waals surface area contributed by atoms with Crippen LogP contribution in [0.15, 0.2) is 30.3 Å². The van der Waals surface area contributed by atoms with Crippen molar-refractivity contribution in [2.24, 2.45) is 0 Å². The van der Waals surface area contributed by atoms with Gasteiger partial charge >= 0.3 is 5.97 Å². The van der Waals surface area contributed by atoms with Crippen LogP contribution in [0.3, 0.4) is 0 Å². The number of nitrogen functional groups attached to an aromatic ring is 1. The Morgan fingerprint density at radius 1 is 1.26 bits per heavy atom. The van der Waals surface area contributed by atoms with E-state index in [4.69, 9.17) is 17.3 Å². The average Bonchev–Trinajstić information content (AvgIpc) is 2.38. The fourth-order valence-electron chi connectivity index (χ4n) is 1.43. The first-order chi connectivity index (χ1) is 8.60. The number of methoxy groups -OCH3 is 1. The molecule has 1 aromatic heterocycles. The summed E-state index contributed by atoms with van der Waals surface area (Å²) in [6.45, 7) is 0. The lowest BCUT2D eigenvalue weighted by Gasteiger charge is -2.04. The number of nitrogens with two attached hydrogens (primary N) is 1. The van der Waals surface area contributed by atoms with Crippen molar-refractivity contribution in [3.05, 3.63) is 41.3 Å². The number of benzene rings is 1. The van der Waals surface area contributed by atoms with E-state index in [2.05, 4.69) is 14.7 Å². The number of carbonyl (C=O) groups excluding carboxylic acids is 1. The van der Waals surface area contributed by atoms with Crippen molar-refractivity contribution in [1.82, 2.24) is 9.97 Å². The molecule has 0 fully saturated rings. The molecular formula is C12H11Cl2N3O2. The van der Waals surface area contributed by atoms with Crippen LogP contribution in [0, 0.1) is 0 Å². The highest BCUT2D eigenvalue weighted by molar-refractivity contribution is 6.28. The van der Waals surface area contributed by atoms with Gasteiger partial charge in [0.2, 0.25) is 5.28 Å². The summed E-state index contributed by atoms with van der Waals surface area (Å²) in [6, 6.07) is 8.57. The van der Waals surface area contributed by atoms with E-state index in [1.807, 2.05) is 0 Å². The van der Waals surface area contributed by atoms with Gasteiger partial charge in [-0.3, -0.25) is 0 Å². The molecule has 0 radical (unpaired) electrons. The van der Waals surface area contributed by atoms with E-state index >= 15 is 0 Å². The number of rotatable bonds is 2. The SMILES string of the molecule is COC(=O)c1cc(-c2ccc(N)cc2)nc(Cl)n1.Cl. The molecule has 0 atom stereocenters. The number of nitrogens with zero attached hydrogens (tertiary/aromatic N) is 2. The molecule has 1 heterocycles. The van der Waals surface area contributed by atoms with Gasteiger partial charge in [-0.25, -0.2) is 14.8 Å². The second-order valence-electron chi connectivity index (χ2n) is 3.52. The monoisotopic (exact) mass is 299 g/mol. The highest BCUT2D eigenvalue weighted by Crippen LogP contribution is 2.20. The molecule has 7 heteroatoms. The molecule has 5 nitrogen and oxygen atoms in total. The second kappa shape index (κ2) is 6.36. The van der Waals surface area contributed by atoms with E-state index in [-0.39, 0.29) is 23.4 Å². The number of aromatic nitrogens is 2. The molecule has 2 rings (SSSR count). The third-order valence-electron chi connectivity index (χ3n) is 2.30. The van der Waals surface area contributed by atoms with Crippen LogP contribution in [0.25, 0.3) is 11.3 Å². The Morgan fingerprint density at radius 2 is 1.89 bits per heavy atom. The summed E-state index contributed by atoms with van der Waals surface area (Å²) < 4.78 is 4.59. The molecular weight excluding hydrogens is 289 g/mol. The largest absolute Gasteiger partial charge is 0.464 e. The first-order valence-corrected chi connectivity index (χ1v) is 5.47. The second-order valence-corrected chi connectivity index (χ2v) is 3.86. The fraction of sp³-hybridized carbons (Fsp3) is 0.0833. The van der Waals surface area contributed by atoms with E-state index in [0.717, 1.165) is 5.56 Å². The van der Waals surface area contributed by atoms with Crippen LogP contribution in [0.1, 0.15) is 10.5 Å². The van der Waals surface area contributed by atoms with Crippen LogP contribution in [-0.4, -0.2) is 23.0 Å². The van der Waals surface area contributed by atoms with E-state index in [1.165, 1.54) is 13.2 Å². The van der Waals surface area contributed by atoms with Gasteiger partial charge in [-0.1, -0.05) is 12.1 Å². The van der Waals surface area contributed by atoms with Gasteiger partial charge < -0.3 is 10.5 Å². The highest BCUT2D eigenvalue weighted by Gasteiger charge is 2.12. The minimum atomic E-state index is -0.559.